The summed E-state index contributed by atoms with van der Waals surface area (Å²) in [6, 6.07) is 6.66. The van der Waals surface area contributed by atoms with Crippen molar-refractivity contribution in [1.82, 2.24) is 9.29 Å². The first-order chi connectivity index (χ1) is 9.00. The summed E-state index contributed by atoms with van der Waals surface area (Å²) in [5.41, 5.74) is 1.46. The van der Waals surface area contributed by atoms with Gasteiger partial charge < -0.3 is 9.73 Å². The van der Waals surface area contributed by atoms with E-state index in [0.29, 0.717) is 12.2 Å². The molecule has 1 N–H and O–H groups in total. The Morgan fingerprint density at radius 1 is 1.37 bits per heavy atom. The molecule has 0 spiro atoms. The molecule has 0 radical (unpaired) electrons. The fraction of sp³-hybridized carbons (Fsp3) is 0.250. The first-order valence-corrected chi connectivity index (χ1v) is 7.07. The fourth-order valence-electron chi connectivity index (χ4n) is 1.49. The van der Waals surface area contributed by atoms with Gasteiger partial charge in [0.1, 0.15) is 6.26 Å². The van der Waals surface area contributed by atoms with Gasteiger partial charge in [-0.2, -0.15) is 0 Å². The normalized spacial score (nSPS) is 11.7. The SMILES string of the molecule is CN(C)S(=O)(=O)c1cccc(NCc2cocn2)c1. The molecule has 2 rings (SSSR count). The molecule has 1 aromatic heterocycles. The zero-order valence-corrected chi connectivity index (χ0v) is 11.5. The van der Waals surface area contributed by atoms with Crippen LogP contribution in [0.4, 0.5) is 5.69 Å². The van der Waals surface area contributed by atoms with Gasteiger partial charge in [0.05, 0.1) is 17.1 Å². The first kappa shape index (κ1) is 13.6. The number of sulfonamides is 1. The van der Waals surface area contributed by atoms with Crippen molar-refractivity contribution in [1.29, 1.82) is 0 Å². The molecule has 1 heterocycles. The zero-order valence-electron chi connectivity index (χ0n) is 10.7. The number of oxazole rings is 1. The molecule has 0 atom stereocenters. The maximum atomic E-state index is 12.0. The van der Waals surface area contributed by atoms with E-state index in [-0.39, 0.29) is 4.90 Å². The maximum absolute atomic E-state index is 12.0. The van der Waals surface area contributed by atoms with Crippen LogP contribution < -0.4 is 5.32 Å². The van der Waals surface area contributed by atoms with E-state index in [1.54, 1.807) is 24.3 Å². The Labute approximate surface area is 112 Å². The average Bonchev–Trinajstić information content (AvgIpc) is 2.89. The highest BCUT2D eigenvalue weighted by Crippen LogP contribution is 2.18. The van der Waals surface area contributed by atoms with Crippen LogP contribution in [0.15, 0.2) is 46.2 Å². The molecule has 0 fully saturated rings. The summed E-state index contributed by atoms with van der Waals surface area (Å²) in [4.78, 5) is 4.23. The van der Waals surface area contributed by atoms with E-state index < -0.39 is 10.0 Å². The summed E-state index contributed by atoms with van der Waals surface area (Å²) >= 11 is 0. The number of benzene rings is 1. The van der Waals surface area contributed by atoms with Crippen molar-refractivity contribution >= 4 is 15.7 Å². The molecule has 0 bridgehead atoms. The van der Waals surface area contributed by atoms with Crippen molar-refractivity contribution in [2.75, 3.05) is 19.4 Å². The van der Waals surface area contributed by atoms with Crippen LogP contribution in [0.3, 0.4) is 0 Å². The lowest BCUT2D eigenvalue weighted by molar-refractivity contribution is 0.521. The highest BCUT2D eigenvalue weighted by Gasteiger charge is 2.17. The molecule has 0 aliphatic rings. The average molecular weight is 281 g/mol. The quantitative estimate of drug-likeness (QED) is 0.899. The standard InChI is InChI=1S/C12H15N3O3S/c1-15(2)19(16,17)12-5-3-4-10(6-12)13-7-11-8-18-9-14-11/h3-6,8-9,13H,7H2,1-2H3. The predicted molar refractivity (Wildman–Crippen MR) is 71.1 cm³/mol. The Hall–Kier alpha value is -1.86. The molecule has 6 nitrogen and oxygen atoms in total. The van der Waals surface area contributed by atoms with Crippen molar-refractivity contribution in [2.24, 2.45) is 0 Å². The van der Waals surface area contributed by atoms with E-state index in [4.69, 9.17) is 4.42 Å². The van der Waals surface area contributed by atoms with Crippen LogP contribution in [0.2, 0.25) is 0 Å². The van der Waals surface area contributed by atoms with Crippen molar-refractivity contribution < 1.29 is 12.8 Å². The zero-order chi connectivity index (χ0) is 13.9. The molecule has 0 aliphatic heterocycles. The van der Waals surface area contributed by atoms with Crippen molar-refractivity contribution in [2.45, 2.75) is 11.4 Å². The Kier molecular flexibility index (Phi) is 3.87. The molecule has 19 heavy (non-hydrogen) atoms. The van der Waals surface area contributed by atoms with Crippen molar-refractivity contribution in [3.05, 3.63) is 42.6 Å². The van der Waals surface area contributed by atoms with Gasteiger partial charge in [-0.1, -0.05) is 6.07 Å². The third kappa shape index (κ3) is 3.12. The minimum atomic E-state index is -3.41. The van der Waals surface area contributed by atoms with Crippen LogP contribution in [0.5, 0.6) is 0 Å². The van der Waals surface area contributed by atoms with E-state index in [1.165, 1.54) is 31.1 Å². The lowest BCUT2D eigenvalue weighted by atomic mass is 10.3. The smallest absolute Gasteiger partial charge is 0.242 e. The van der Waals surface area contributed by atoms with Gasteiger partial charge in [-0.25, -0.2) is 17.7 Å². The molecule has 1 aromatic carbocycles. The second kappa shape index (κ2) is 5.41. The summed E-state index contributed by atoms with van der Waals surface area (Å²) in [6.45, 7) is 0.474. The van der Waals surface area contributed by atoms with E-state index >= 15 is 0 Å². The Morgan fingerprint density at radius 2 is 2.16 bits per heavy atom. The molecular weight excluding hydrogens is 266 g/mol. The number of nitrogens with zero attached hydrogens (tertiary/aromatic N) is 2. The Bertz CT molecular complexity index is 636. The van der Waals surface area contributed by atoms with Gasteiger partial charge in [-0.15, -0.1) is 0 Å². The number of anilines is 1. The van der Waals surface area contributed by atoms with Crippen LogP contribution in [-0.4, -0.2) is 31.8 Å². The monoisotopic (exact) mass is 281 g/mol. The molecular formula is C12H15N3O3S. The molecule has 0 unspecified atom stereocenters. The molecule has 0 amide bonds. The largest absolute Gasteiger partial charge is 0.451 e. The van der Waals surface area contributed by atoms with Gasteiger partial charge in [0.15, 0.2) is 6.39 Å². The third-order valence-corrected chi connectivity index (χ3v) is 4.38. The minimum Gasteiger partial charge on any atom is -0.451 e. The van der Waals surface area contributed by atoms with Gasteiger partial charge in [0.25, 0.3) is 0 Å². The van der Waals surface area contributed by atoms with Gasteiger partial charge in [0.2, 0.25) is 10.0 Å². The highest BCUT2D eigenvalue weighted by atomic mass is 32.2. The highest BCUT2D eigenvalue weighted by molar-refractivity contribution is 7.89. The number of rotatable bonds is 5. The summed E-state index contributed by atoms with van der Waals surface area (Å²) in [5.74, 6) is 0. The van der Waals surface area contributed by atoms with Gasteiger partial charge in [-0.05, 0) is 18.2 Å². The Balaban J connectivity index is 2.16. The minimum absolute atomic E-state index is 0.252. The van der Waals surface area contributed by atoms with Gasteiger partial charge >= 0.3 is 0 Å². The van der Waals surface area contributed by atoms with E-state index in [1.807, 2.05) is 0 Å². The second-order valence-electron chi connectivity index (χ2n) is 4.15. The summed E-state index contributed by atoms with van der Waals surface area (Å²) in [7, 11) is -0.403. The van der Waals surface area contributed by atoms with E-state index in [2.05, 4.69) is 10.3 Å². The first-order valence-electron chi connectivity index (χ1n) is 5.63. The lowest BCUT2D eigenvalue weighted by Gasteiger charge is -2.12. The van der Waals surface area contributed by atoms with Gasteiger partial charge in [0, 0.05) is 19.8 Å². The summed E-state index contributed by atoms with van der Waals surface area (Å²) < 4.78 is 30.0. The molecule has 0 saturated carbocycles. The molecule has 2 aromatic rings. The van der Waals surface area contributed by atoms with Gasteiger partial charge in [-0.3, -0.25) is 0 Å². The fourth-order valence-corrected chi connectivity index (χ4v) is 2.44. The number of aromatic nitrogens is 1. The van der Waals surface area contributed by atoms with Crippen LogP contribution in [0.25, 0.3) is 0 Å². The van der Waals surface area contributed by atoms with E-state index in [9.17, 15) is 8.42 Å². The number of hydrogen-bond donors (Lipinski definition) is 1. The van der Waals surface area contributed by atoms with Crippen LogP contribution in [0.1, 0.15) is 5.69 Å². The lowest BCUT2D eigenvalue weighted by Crippen LogP contribution is -2.22. The molecule has 0 aliphatic carbocycles. The Morgan fingerprint density at radius 3 is 2.79 bits per heavy atom. The maximum Gasteiger partial charge on any atom is 0.242 e. The summed E-state index contributed by atoms with van der Waals surface area (Å²) in [6.07, 6.45) is 2.89. The van der Waals surface area contributed by atoms with Crippen LogP contribution in [0, 0.1) is 0 Å². The van der Waals surface area contributed by atoms with Crippen LogP contribution in [-0.2, 0) is 16.6 Å². The van der Waals surface area contributed by atoms with Crippen LogP contribution >= 0.6 is 0 Å². The molecule has 0 saturated heterocycles. The predicted octanol–water partition coefficient (Wildman–Crippen LogP) is 1.54. The second-order valence-corrected chi connectivity index (χ2v) is 6.30. The van der Waals surface area contributed by atoms with Crippen molar-refractivity contribution in [3.8, 4) is 0 Å². The topological polar surface area (TPSA) is 75.4 Å². The summed E-state index contributed by atoms with van der Waals surface area (Å²) in [5, 5.41) is 3.09. The number of nitrogens with one attached hydrogen (secondary N) is 1. The van der Waals surface area contributed by atoms with Crippen molar-refractivity contribution in [3.63, 3.8) is 0 Å². The molecule has 102 valence electrons. The van der Waals surface area contributed by atoms with E-state index in [0.717, 1.165) is 5.69 Å². The molecule has 7 heteroatoms. The third-order valence-electron chi connectivity index (χ3n) is 2.57. The number of hydrogen-bond acceptors (Lipinski definition) is 5.